The molecule has 0 spiro atoms. The summed E-state index contributed by atoms with van der Waals surface area (Å²) in [5.74, 6) is 0. The third-order valence-electron chi connectivity index (χ3n) is 1.22. The number of aldehydes is 1. The summed E-state index contributed by atoms with van der Waals surface area (Å²) in [6.45, 7) is 0.925. The fraction of sp³-hybridized carbons (Fsp3) is 0.571. The predicted octanol–water partition coefficient (Wildman–Crippen LogP) is 1.58. The second-order valence-electron chi connectivity index (χ2n) is 2.42. The molecular formula is C7H10F3NO. The second-order valence-corrected chi connectivity index (χ2v) is 2.42. The van der Waals surface area contributed by atoms with E-state index < -0.39 is 11.7 Å². The smallest absolute Gasteiger partial charge is 0.373 e. The van der Waals surface area contributed by atoms with Gasteiger partial charge in [-0.15, -0.1) is 0 Å². The van der Waals surface area contributed by atoms with Crippen molar-refractivity contribution in [1.82, 2.24) is 4.90 Å². The Morgan fingerprint density at radius 1 is 1.50 bits per heavy atom. The first kappa shape index (κ1) is 11.0. The van der Waals surface area contributed by atoms with Crippen molar-refractivity contribution in [2.45, 2.75) is 13.1 Å². The highest BCUT2D eigenvalue weighted by molar-refractivity contribution is 5.52. The minimum absolute atomic E-state index is 0.0343. The minimum atomic E-state index is -4.31. The molecule has 0 aromatic carbocycles. The molecule has 0 saturated carbocycles. The summed E-state index contributed by atoms with van der Waals surface area (Å²) < 4.78 is 35.6. The van der Waals surface area contributed by atoms with Crippen molar-refractivity contribution in [2.24, 2.45) is 0 Å². The van der Waals surface area contributed by atoms with E-state index in [1.54, 1.807) is 0 Å². The van der Waals surface area contributed by atoms with Crippen LogP contribution in [0.25, 0.3) is 0 Å². The molecule has 0 saturated heterocycles. The molecule has 5 heteroatoms. The van der Waals surface area contributed by atoms with Crippen molar-refractivity contribution < 1.29 is 18.0 Å². The maximum atomic E-state index is 11.9. The molecule has 0 atom stereocenters. The van der Waals surface area contributed by atoms with Crippen LogP contribution in [0.3, 0.4) is 0 Å². The molecule has 0 rings (SSSR count). The van der Waals surface area contributed by atoms with Crippen LogP contribution in [-0.4, -0.2) is 31.0 Å². The van der Waals surface area contributed by atoms with E-state index in [1.807, 2.05) is 0 Å². The highest BCUT2D eigenvalue weighted by atomic mass is 19.4. The van der Waals surface area contributed by atoms with Crippen LogP contribution in [0.15, 0.2) is 11.8 Å². The van der Waals surface area contributed by atoms with E-state index in [0.29, 0.717) is 6.29 Å². The van der Waals surface area contributed by atoms with Gasteiger partial charge in [-0.1, -0.05) is 0 Å². The molecule has 0 fully saturated rings. The van der Waals surface area contributed by atoms with Crippen LogP contribution in [0, 0.1) is 0 Å². The number of halogens is 3. The summed E-state index contributed by atoms with van der Waals surface area (Å²) in [6.07, 6.45) is -2.87. The maximum Gasteiger partial charge on any atom is 0.413 e. The molecule has 0 aromatic rings. The second kappa shape index (κ2) is 4.13. The molecule has 0 radical (unpaired) electrons. The van der Waals surface area contributed by atoms with Crippen molar-refractivity contribution in [3.05, 3.63) is 11.8 Å². The number of nitrogens with zero attached hydrogens (tertiary/aromatic N) is 1. The van der Waals surface area contributed by atoms with E-state index in [9.17, 15) is 18.0 Å². The number of carbonyl (C=O) groups excluding carboxylic acids is 1. The molecule has 0 amide bonds. The van der Waals surface area contributed by atoms with Crippen molar-refractivity contribution in [3.8, 4) is 0 Å². The monoisotopic (exact) mass is 181 g/mol. The molecule has 0 unspecified atom stereocenters. The highest BCUT2D eigenvalue weighted by Crippen LogP contribution is 2.24. The molecule has 0 aromatic heterocycles. The van der Waals surface area contributed by atoms with E-state index in [2.05, 4.69) is 0 Å². The van der Waals surface area contributed by atoms with Crippen LogP contribution in [-0.2, 0) is 4.79 Å². The van der Waals surface area contributed by atoms with E-state index in [0.717, 1.165) is 13.1 Å². The van der Waals surface area contributed by atoms with Gasteiger partial charge in [0.25, 0.3) is 0 Å². The lowest BCUT2D eigenvalue weighted by Crippen LogP contribution is -2.18. The maximum absolute atomic E-state index is 11.9. The predicted molar refractivity (Wildman–Crippen MR) is 38.5 cm³/mol. The lowest BCUT2D eigenvalue weighted by Gasteiger charge is -2.13. The fourth-order valence-corrected chi connectivity index (χ4v) is 0.574. The third-order valence-corrected chi connectivity index (χ3v) is 1.22. The van der Waals surface area contributed by atoms with Crippen LogP contribution in [0.1, 0.15) is 6.92 Å². The minimum Gasteiger partial charge on any atom is -0.373 e. The Balaban J connectivity index is 4.25. The summed E-state index contributed by atoms with van der Waals surface area (Å²) in [7, 11) is 1.41. The summed E-state index contributed by atoms with van der Waals surface area (Å²) in [5.41, 5.74) is -0.716. The Morgan fingerprint density at radius 2 is 2.00 bits per heavy atom. The van der Waals surface area contributed by atoms with Gasteiger partial charge >= 0.3 is 6.18 Å². The number of carbonyl (C=O) groups is 1. The number of alkyl halides is 3. The number of hydrogen-bond acceptors (Lipinski definition) is 2. The Labute approximate surface area is 68.7 Å². The molecule has 0 aliphatic carbocycles. The zero-order valence-electron chi connectivity index (χ0n) is 6.85. The fourth-order valence-electron chi connectivity index (χ4n) is 0.574. The lowest BCUT2D eigenvalue weighted by molar-refractivity contribution is -0.108. The van der Waals surface area contributed by atoms with Gasteiger partial charge in [-0.2, -0.15) is 13.2 Å². The average Bonchev–Trinajstić information content (AvgIpc) is 1.85. The molecule has 12 heavy (non-hydrogen) atoms. The van der Waals surface area contributed by atoms with Crippen LogP contribution < -0.4 is 0 Å². The molecule has 70 valence electrons. The molecule has 0 heterocycles. The first-order valence-corrected chi connectivity index (χ1v) is 3.27. The van der Waals surface area contributed by atoms with Crippen LogP contribution in [0.2, 0.25) is 0 Å². The number of likely N-dealkylation sites (N-methyl/N-ethyl adjacent to an activating group) is 1. The Kier molecular flexibility index (Phi) is 3.79. The molecule has 2 nitrogen and oxygen atoms in total. The van der Waals surface area contributed by atoms with Gasteiger partial charge in [-0.05, 0) is 6.92 Å². The van der Waals surface area contributed by atoms with Gasteiger partial charge in [0.1, 0.15) is 6.29 Å². The van der Waals surface area contributed by atoms with E-state index in [4.69, 9.17) is 0 Å². The van der Waals surface area contributed by atoms with E-state index >= 15 is 0 Å². The van der Waals surface area contributed by atoms with E-state index in [-0.39, 0.29) is 6.54 Å². The van der Waals surface area contributed by atoms with Gasteiger partial charge in [0.15, 0.2) is 0 Å². The van der Waals surface area contributed by atoms with Gasteiger partial charge in [0, 0.05) is 18.8 Å². The quantitative estimate of drug-likeness (QED) is 0.616. The van der Waals surface area contributed by atoms with Crippen molar-refractivity contribution in [3.63, 3.8) is 0 Å². The lowest BCUT2D eigenvalue weighted by atomic mass is 10.3. The summed E-state index contributed by atoms with van der Waals surface area (Å²) in [6, 6.07) is 0. The Hall–Kier alpha value is -1.00. The topological polar surface area (TPSA) is 20.3 Å². The van der Waals surface area contributed by atoms with Crippen LogP contribution >= 0.6 is 0 Å². The summed E-state index contributed by atoms with van der Waals surface area (Å²) >= 11 is 0. The molecule has 0 aliphatic rings. The van der Waals surface area contributed by atoms with Crippen molar-refractivity contribution >= 4 is 6.29 Å². The van der Waals surface area contributed by atoms with Gasteiger partial charge in [0.2, 0.25) is 0 Å². The van der Waals surface area contributed by atoms with Gasteiger partial charge in [-0.3, -0.25) is 0 Å². The Bertz CT molecular complexity index is 186. The zero-order valence-corrected chi connectivity index (χ0v) is 6.85. The summed E-state index contributed by atoms with van der Waals surface area (Å²) in [5, 5.41) is 0. The van der Waals surface area contributed by atoms with E-state index in [1.165, 1.54) is 11.9 Å². The number of allylic oxidation sites excluding steroid dienone is 1. The summed E-state index contributed by atoms with van der Waals surface area (Å²) in [4.78, 5) is 11.1. The molecule has 0 N–H and O–H groups in total. The Morgan fingerprint density at radius 3 is 2.33 bits per heavy atom. The van der Waals surface area contributed by atoms with Gasteiger partial charge in [-0.25, -0.2) is 0 Å². The molecule has 0 bridgehead atoms. The standard InChI is InChI=1S/C7H10F3NO/c1-6(7(8,9)10)5-11(2)3-4-12/h4-5H,3H2,1-2H3/b6-5+. The number of rotatable bonds is 3. The van der Waals surface area contributed by atoms with Gasteiger partial charge in [0.05, 0.1) is 6.54 Å². The van der Waals surface area contributed by atoms with Crippen molar-refractivity contribution in [2.75, 3.05) is 13.6 Å². The highest BCUT2D eigenvalue weighted by Gasteiger charge is 2.30. The first-order valence-electron chi connectivity index (χ1n) is 3.27. The van der Waals surface area contributed by atoms with Crippen molar-refractivity contribution in [1.29, 1.82) is 0 Å². The molecular weight excluding hydrogens is 171 g/mol. The molecule has 0 aliphatic heterocycles. The first-order chi connectivity index (χ1) is 5.38. The third kappa shape index (κ3) is 4.00. The van der Waals surface area contributed by atoms with Crippen LogP contribution in [0.5, 0.6) is 0 Å². The SMILES string of the molecule is C/C(=C\N(C)CC=O)C(F)(F)F. The average molecular weight is 181 g/mol. The van der Waals surface area contributed by atoms with Gasteiger partial charge < -0.3 is 9.69 Å². The zero-order chi connectivity index (χ0) is 9.78. The normalized spacial score (nSPS) is 12.9. The largest absolute Gasteiger partial charge is 0.413 e. The van der Waals surface area contributed by atoms with Crippen LogP contribution in [0.4, 0.5) is 13.2 Å². The number of hydrogen-bond donors (Lipinski definition) is 0.